The van der Waals surface area contributed by atoms with E-state index in [4.69, 9.17) is 0 Å². The van der Waals surface area contributed by atoms with Crippen LogP contribution < -0.4 is 15.5 Å². The number of nitrogens with zero attached hydrogens (tertiary/aromatic N) is 1. The summed E-state index contributed by atoms with van der Waals surface area (Å²) in [5.74, 6) is -0.130. The third-order valence-corrected chi connectivity index (χ3v) is 5.16. The molecule has 1 heterocycles. The van der Waals surface area contributed by atoms with Gasteiger partial charge in [0, 0.05) is 41.4 Å². The van der Waals surface area contributed by atoms with Gasteiger partial charge in [-0.3, -0.25) is 4.79 Å². The van der Waals surface area contributed by atoms with Gasteiger partial charge in [-0.05, 0) is 73.5 Å². The molecule has 3 aromatic carbocycles. The van der Waals surface area contributed by atoms with Gasteiger partial charge in [0.05, 0.1) is 6.10 Å². The molecule has 1 fully saturated rings. The molecule has 0 aliphatic carbocycles. The van der Waals surface area contributed by atoms with Crippen molar-refractivity contribution in [2.24, 2.45) is 0 Å². The molecule has 1 saturated heterocycles. The summed E-state index contributed by atoms with van der Waals surface area (Å²) in [6, 6.07) is 25.2. The molecule has 0 aromatic heterocycles. The zero-order chi connectivity index (χ0) is 20.1. The fourth-order valence-electron chi connectivity index (χ4n) is 3.48. The van der Waals surface area contributed by atoms with Gasteiger partial charge in [-0.1, -0.05) is 18.2 Å². The summed E-state index contributed by atoms with van der Waals surface area (Å²) in [7, 11) is 0. The predicted octanol–water partition coefficient (Wildman–Crippen LogP) is 4.64. The van der Waals surface area contributed by atoms with Crippen LogP contribution in [0.4, 0.5) is 22.7 Å². The predicted molar refractivity (Wildman–Crippen MR) is 118 cm³/mol. The van der Waals surface area contributed by atoms with Crippen LogP contribution in [0, 0.1) is 0 Å². The Morgan fingerprint density at radius 1 is 0.793 bits per heavy atom. The molecule has 1 aliphatic rings. The number of nitrogens with one attached hydrogen (secondary N) is 2. The highest BCUT2D eigenvalue weighted by atomic mass is 16.3. The minimum Gasteiger partial charge on any atom is -0.393 e. The number of carbonyl (C=O) groups is 1. The number of piperidine rings is 1. The minimum absolute atomic E-state index is 0.130. The summed E-state index contributed by atoms with van der Waals surface area (Å²) in [6.45, 7) is 1.69. The molecule has 0 saturated carbocycles. The Morgan fingerprint density at radius 2 is 1.38 bits per heavy atom. The second kappa shape index (κ2) is 8.80. The van der Waals surface area contributed by atoms with Crippen molar-refractivity contribution in [2.75, 3.05) is 28.6 Å². The van der Waals surface area contributed by atoms with Crippen molar-refractivity contribution in [3.8, 4) is 0 Å². The SMILES string of the molecule is O=C(Nc1ccc(Nc2ccccc2)cc1)c1ccc(N2CCC(O)CC2)cc1. The number of aliphatic hydroxyl groups is 1. The van der Waals surface area contributed by atoms with Gasteiger partial charge in [0.15, 0.2) is 0 Å². The van der Waals surface area contributed by atoms with Gasteiger partial charge >= 0.3 is 0 Å². The summed E-state index contributed by atoms with van der Waals surface area (Å²) in [6.07, 6.45) is 1.39. The summed E-state index contributed by atoms with van der Waals surface area (Å²) in [4.78, 5) is 14.8. The maximum atomic E-state index is 12.5. The first-order chi connectivity index (χ1) is 14.2. The second-order valence-electron chi connectivity index (χ2n) is 7.29. The lowest BCUT2D eigenvalue weighted by Gasteiger charge is -2.31. The van der Waals surface area contributed by atoms with Crippen LogP contribution in [0.2, 0.25) is 0 Å². The average Bonchev–Trinajstić information content (AvgIpc) is 2.76. The largest absolute Gasteiger partial charge is 0.393 e. The molecule has 0 radical (unpaired) electrons. The number of hydrogen-bond donors (Lipinski definition) is 3. The van der Waals surface area contributed by atoms with E-state index in [1.807, 2.05) is 78.9 Å². The van der Waals surface area contributed by atoms with Crippen LogP contribution in [0.15, 0.2) is 78.9 Å². The maximum Gasteiger partial charge on any atom is 0.255 e. The molecular formula is C24H25N3O2. The van der Waals surface area contributed by atoms with E-state index in [9.17, 15) is 9.90 Å². The highest BCUT2D eigenvalue weighted by Crippen LogP contribution is 2.22. The summed E-state index contributed by atoms with van der Waals surface area (Å²) in [5, 5.41) is 15.9. The Bertz CT molecular complexity index is 932. The van der Waals surface area contributed by atoms with Crippen LogP contribution in [0.3, 0.4) is 0 Å². The second-order valence-corrected chi connectivity index (χ2v) is 7.29. The summed E-state index contributed by atoms with van der Waals surface area (Å²) < 4.78 is 0. The molecule has 1 amide bonds. The lowest BCUT2D eigenvalue weighted by atomic mass is 10.1. The Hall–Kier alpha value is -3.31. The zero-order valence-electron chi connectivity index (χ0n) is 16.2. The first-order valence-electron chi connectivity index (χ1n) is 9.94. The number of benzene rings is 3. The van der Waals surface area contributed by atoms with E-state index in [0.717, 1.165) is 48.7 Å². The van der Waals surface area contributed by atoms with Crippen molar-refractivity contribution in [3.63, 3.8) is 0 Å². The quantitative estimate of drug-likeness (QED) is 0.597. The minimum atomic E-state index is -0.189. The van der Waals surface area contributed by atoms with Crippen LogP contribution >= 0.6 is 0 Å². The van der Waals surface area contributed by atoms with E-state index in [0.29, 0.717) is 5.56 Å². The topological polar surface area (TPSA) is 64.6 Å². The number of amides is 1. The molecule has 5 nitrogen and oxygen atoms in total. The van der Waals surface area contributed by atoms with E-state index >= 15 is 0 Å². The molecule has 29 heavy (non-hydrogen) atoms. The third-order valence-electron chi connectivity index (χ3n) is 5.16. The Balaban J connectivity index is 1.35. The molecule has 0 atom stereocenters. The first-order valence-corrected chi connectivity index (χ1v) is 9.94. The summed E-state index contributed by atoms with van der Waals surface area (Å²) >= 11 is 0. The van der Waals surface area contributed by atoms with Crippen molar-refractivity contribution in [2.45, 2.75) is 18.9 Å². The lowest BCUT2D eigenvalue weighted by Crippen LogP contribution is -2.35. The number of rotatable bonds is 5. The van der Waals surface area contributed by atoms with Gasteiger partial charge in [0.25, 0.3) is 5.91 Å². The number of aliphatic hydroxyl groups excluding tert-OH is 1. The number of hydrogen-bond acceptors (Lipinski definition) is 4. The molecule has 4 rings (SSSR count). The number of anilines is 4. The fourth-order valence-corrected chi connectivity index (χ4v) is 3.48. The monoisotopic (exact) mass is 387 g/mol. The molecule has 148 valence electrons. The molecule has 0 spiro atoms. The van der Waals surface area contributed by atoms with Gasteiger partial charge < -0.3 is 20.6 Å². The van der Waals surface area contributed by atoms with Crippen LogP contribution in [-0.2, 0) is 0 Å². The standard InChI is InChI=1S/C24H25N3O2/c28-23-14-16-27(17-15-23)22-12-6-18(7-13-22)24(29)26-21-10-8-20(9-11-21)25-19-4-2-1-3-5-19/h1-13,23,25,28H,14-17H2,(H,26,29). The highest BCUT2D eigenvalue weighted by Gasteiger charge is 2.17. The Kier molecular flexibility index (Phi) is 5.77. The number of para-hydroxylation sites is 1. The molecule has 3 N–H and O–H groups in total. The highest BCUT2D eigenvalue weighted by molar-refractivity contribution is 6.04. The van der Waals surface area contributed by atoms with Crippen molar-refractivity contribution in [3.05, 3.63) is 84.4 Å². The fraction of sp³-hybridized carbons (Fsp3) is 0.208. The maximum absolute atomic E-state index is 12.5. The lowest BCUT2D eigenvalue weighted by molar-refractivity contribution is 0.102. The van der Waals surface area contributed by atoms with E-state index in [-0.39, 0.29) is 12.0 Å². The molecular weight excluding hydrogens is 362 g/mol. The zero-order valence-corrected chi connectivity index (χ0v) is 16.2. The van der Waals surface area contributed by atoms with Gasteiger partial charge in [-0.25, -0.2) is 0 Å². The van der Waals surface area contributed by atoms with E-state index in [1.165, 1.54) is 0 Å². The molecule has 3 aromatic rings. The third kappa shape index (κ3) is 4.95. The smallest absolute Gasteiger partial charge is 0.255 e. The molecule has 5 heteroatoms. The van der Waals surface area contributed by atoms with Crippen LogP contribution in [0.1, 0.15) is 23.2 Å². The van der Waals surface area contributed by atoms with Crippen molar-refractivity contribution in [1.29, 1.82) is 0 Å². The van der Waals surface area contributed by atoms with Gasteiger partial charge in [-0.15, -0.1) is 0 Å². The summed E-state index contributed by atoms with van der Waals surface area (Å²) in [5.41, 5.74) is 4.45. The van der Waals surface area contributed by atoms with Crippen LogP contribution in [0.5, 0.6) is 0 Å². The van der Waals surface area contributed by atoms with E-state index in [1.54, 1.807) is 0 Å². The Labute approximate surface area is 171 Å². The van der Waals surface area contributed by atoms with Crippen LogP contribution in [0.25, 0.3) is 0 Å². The van der Waals surface area contributed by atoms with Crippen molar-refractivity contribution < 1.29 is 9.90 Å². The molecule has 0 bridgehead atoms. The Morgan fingerprint density at radius 3 is 2.03 bits per heavy atom. The van der Waals surface area contributed by atoms with Crippen LogP contribution in [-0.4, -0.2) is 30.2 Å². The van der Waals surface area contributed by atoms with E-state index < -0.39 is 0 Å². The normalized spacial score (nSPS) is 14.4. The van der Waals surface area contributed by atoms with E-state index in [2.05, 4.69) is 15.5 Å². The van der Waals surface area contributed by atoms with Crippen molar-refractivity contribution in [1.82, 2.24) is 0 Å². The first kappa shape index (κ1) is 19.0. The van der Waals surface area contributed by atoms with Gasteiger partial charge in [0.2, 0.25) is 0 Å². The molecule has 1 aliphatic heterocycles. The average molecular weight is 387 g/mol. The van der Waals surface area contributed by atoms with Crippen molar-refractivity contribution >= 4 is 28.7 Å². The molecule has 0 unspecified atom stereocenters. The van der Waals surface area contributed by atoms with Gasteiger partial charge in [-0.2, -0.15) is 0 Å². The van der Waals surface area contributed by atoms with Gasteiger partial charge in [0.1, 0.15) is 0 Å². The number of carbonyl (C=O) groups excluding carboxylic acids is 1.